The Bertz CT molecular complexity index is 704. The molecule has 1 heterocycles. The minimum absolute atomic E-state index is 0.0742. The molecule has 1 amide bonds. The summed E-state index contributed by atoms with van der Waals surface area (Å²) in [6.07, 6.45) is 3.79. The second-order valence-corrected chi connectivity index (χ2v) is 6.38. The lowest BCUT2D eigenvalue weighted by molar-refractivity contribution is 0.0921. The Balaban J connectivity index is 1.79. The summed E-state index contributed by atoms with van der Waals surface area (Å²) < 4.78 is 1.66. The Morgan fingerprint density at radius 1 is 1.41 bits per heavy atom. The van der Waals surface area contributed by atoms with E-state index in [1.807, 2.05) is 37.4 Å². The second kappa shape index (κ2) is 5.76. The van der Waals surface area contributed by atoms with Crippen molar-refractivity contribution in [2.45, 2.75) is 38.1 Å². The highest BCUT2D eigenvalue weighted by atomic mass is 35.5. The molecule has 1 aliphatic rings. The van der Waals surface area contributed by atoms with E-state index < -0.39 is 0 Å². The van der Waals surface area contributed by atoms with Gasteiger partial charge in [0, 0.05) is 12.1 Å². The van der Waals surface area contributed by atoms with Crippen molar-refractivity contribution in [1.82, 2.24) is 15.1 Å². The van der Waals surface area contributed by atoms with Crippen molar-refractivity contribution in [3.63, 3.8) is 0 Å². The summed E-state index contributed by atoms with van der Waals surface area (Å²) >= 11 is 6.07. The Hall–Kier alpha value is -1.81. The van der Waals surface area contributed by atoms with Gasteiger partial charge in [0.05, 0.1) is 11.2 Å². The summed E-state index contributed by atoms with van der Waals surface area (Å²) in [6.45, 7) is 2.10. The normalized spacial score (nSPS) is 15.6. The van der Waals surface area contributed by atoms with Gasteiger partial charge in [-0.25, -0.2) is 0 Å². The van der Waals surface area contributed by atoms with Gasteiger partial charge in [-0.1, -0.05) is 37.1 Å². The fourth-order valence-electron chi connectivity index (χ4n) is 2.80. The van der Waals surface area contributed by atoms with Crippen molar-refractivity contribution in [1.29, 1.82) is 0 Å². The Kier molecular flexibility index (Phi) is 3.96. The number of rotatable bonds is 5. The third-order valence-corrected chi connectivity index (χ3v) is 4.38. The minimum Gasteiger partial charge on any atom is -0.341 e. The standard InChI is InChI=1S/C17H20ClN3O/c1-3-5-14-11-15(21(2)20-14)16(22)19-17(8-9-17)12-6-4-7-13(18)10-12/h4,6-7,10-11H,3,5,8-9H2,1-2H3,(H,19,22). The minimum atomic E-state index is -0.267. The van der Waals surface area contributed by atoms with Gasteiger partial charge in [0.2, 0.25) is 0 Å². The summed E-state index contributed by atoms with van der Waals surface area (Å²) in [6, 6.07) is 9.60. The molecule has 1 fully saturated rings. The number of halogens is 1. The smallest absolute Gasteiger partial charge is 0.270 e. The van der Waals surface area contributed by atoms with Crippen LogP contribution in [-0.4, -0.2) is 15.7 Å². The second-order valence-electron chi connectivity index (χ2n) is 5.94. The van der Waals surface area contributed by atoms with E-state index in [0.29, 0.717) is 10.7 Å². The van der Waals surface area contributed by atoms with Gasteiger partial charge in [-0.2, -0.15) is 5.10 Å². The van der Waals surface area contributed by atoms with Crippen LogP contribution in [0.4, 0.5) is 0 Å². The number of aromatic nitrogens is 2. The summed E-state index contributed by atoms with van der Waals surface area (Å²) in [5.41, 5.74) is 2.38. The monoisotopic (exact) mass is 317 g/mol. The van der Waals surface area contributed by atoms with E-state index in [-0.39, 0.29) is 11.4 Å². The first kappa shape index (κ1) is 15.1. The fraction of sp³-hybridized carbons (Fsp3) is 0.412. The zero-order chi connectivity index (χ0) is 15.7. The maximum atomic E-state index is 12.6. The van der Waals surface area contributed by atoms with E-state index in [9.17, 15) is 4.79 Å². The molecule has 22 heavy (non-hydrogen) atoms. The van der Waals surface area contributed by atoms with Crippen LogP contribution in [0.25, 0.3) is 0 Å². The topological polar surface area (TPSA) is 46.9 Å². The molecular weight excluding hydrogens is 298 g/mol. The van der Waals surface area contributed by atoms with Gasteiger partial charge < -0.3 is 5.32 Å². The number of aryl methyl sites for hydroxylation is 2. The molecule has 116 valence electrons. The Labute approximate surface area is 135 Å². The third-order valence-electron chi connectivity index (χ3n) is 4.15. The molecule has 0 saturated heterocycles. The molecule has 0 aliphatic heterocycles. The van der Waals surface area contributed by atoms with Crippen LogP contribution in [0.15, 0.2) is 30.3 Å². The predicted molar refractivity (Wildman–Crippen MR) is 87.0 cm³/mol. The number of benzene rings is 1. The number of carbonyl (C=O) groups excluding carboxylic acids is 1. The zero-order valence-corrected chi connectivity index (χ0v) is 13.7. The maximum absolute atomic E-state index is 12.6. The molecule has 1 aromatic heterocycles. The van der Waals surface area contributed by atoms with Crippen LogP contribution in [-0.2, 0) is 19.0 Å². The molecule has 0 atom stereocenters. The highest BCUT2D eigenvalue weighted by Gasteiger charge is 2.46. The highest BCUT2D eigenvalue weighted by molar-refractivity contribution is 6.30. The molecule has 0 radical (unpaired) electrons. The molecule has 0 bridgehead atoms. The Morgan fingerprint density at radius 3 is 2.82 bits per heavy atom. The van der Waals surface area contributed by atoms with Crippen LogP contribution in [0.1, 0.15) is 47.9 Å². The summed E-state index contributed by atoms with van der Waals surface area (Å²) in [5.74, 6) is -0.0742. The molecule has 3 rings (SSSR count). The van der Waals surface area contributed by atoms with E-state index in [0.717, 1.165) is 36.9 Å². The first-order valence-electron chi connectivity index (χ1n) is 7.65. The number of nitrogens with zero attached hydrogens (tertiary/aromatic N) is 2. The lowest BCUT2D eigenvalue weighted by Gasteiger charge is -2.18. The molecule has 4 nitrogen and oxygen atoms in total. The van der Waals surface area contributed by atoms with Gasteiger partial charge in [0.1, 0.15) is 5.69 Å². The molecule has 0 unspecified atom stereocenters. The van der Waals surface area contributed by atoms with E-state index >= 15 is 0 Å². The first-order valence-corrected chi connectivity index (χ1v) is 8.03. The van der Waals surface area contributed by atoms with Crippen LogP contribution in [0, 0.1) is 0 Å². The molecule has 1 N–H and O–H groups in total. The fourth-order valence-corrected chi connectivity index (χ4v) is 2.99. The molecule has 5 heteroatoms. The lowest BCUT2D eigenvalue weighted by Crippen LogP contribution is -2.35. The maximum Gasteiger partial charge on any atom is 0.270 e. The molecule has 1 aromatic carbocycles. The van der Waals surface area contributed by atoms with Crippen LogP contribution in [0.2, 0.25) is 5.02 Å². The van der Waals surface area contributed by atoms with Crippen molar-refractivity contribution in [2.24, 2.45) is 7.05 Å². The van der Waals surface area contributed by atoms with Crippen LogP contribution in [0.5, 0.6) is 0 Å². The average Bonchev–Trinajstić information content (AvgIpc) is 3.16. The summed E-state index contributed by atoms with van der Waals surface area (Å²) in [5, 5.41) is 8.26. The molecule has 2 aromatic rings. The van der Waals surface area contributed by atoms with E-state index in [4.69, 9.17) is 11.6 Å². The molecule has 1 saturated carbocycles. The third kappa shape index (κ3) is 2.88. The van der Waals surface area contributed by atoms with Crippen molar-refractivity contribution >= 4 is 17.5 Å². The number of carbonyl (C=O) groups is 1. The molecular formula is C17H20ClN3O. The highest BCUT2D eigenvalue weighted by Crippen LogP contribution is 2.46. The number of amides is 1. The summed E-state index contributed by atoms with van der Waals surface area (Å²) in [7, 11) is 1.81. The van der Waals surface area contributed by atoms with Crippen LogP contribution >= 0.6 is 11.6 Å². The van der Waals surface area contributed by atoms with E-state index in [2.05, 4.69) is 17.3 Å². The Morgan fingerprint density at radius 2 is 2.18 bits per heavy atom. The SMILES string of the molecule is CCCc1cc(C(=O)NC2(c3cccc(Cl)c3)CC2)n(C)n1. The number of hydrogen-bond acceptors (Lipinski definition) is 2. The van der Waals surface area contributed by atoms with Crippen LogP contribution < -0.4 is 5.32 Å². The van der Waals surface area contributed by atoms with Crippen molar-refractivity contribution in [3.05, 3.63) is 52.3 Å². The first-order chi connectivity index (χ1) is 10.5. The van der Waals surface area contributed by atoms with E-state index in [1.54, 1.807) is 4.68 Å². The molecule has 0 spiro atoms. The van der Waals surface area contributed by atoms with Crippen molar-refractivity contribution in [2.75, 3.05) is 0 Å². The average molecular weight is 318 g/mol. The van der Waals surface area contributed by atoms with Gasteiger partial charge in [-0.15, -0.1) is 0 Å². The number of hydrogen-bond donors (Lipinski definition) is 1. The van der Waals surface area contributed by atoms with Crippen molar-refractivity contribution in [3.8, 4) is 0 Å². The van der Waals surface area contributed by atoms with Crippen molar-refractivity contribution < 1.29 is 4.79 Å². The van der Waals surface area contributed by atoms with E-state index in [1.165, 1.54) is 0 Å². The predicted octanol–water partition coefficient (Wildman–Crippen LogP) is 3.45. The zero-order valence-electron chi connectivity index (χ0n) is 12.9. The van der Waals surface area contributed by atoms with Gasteiger partial charge in [-0.05, 0) is 43.0 Å². The van der Waals surface area contributed by atoms with Gasteiger partial charge >= 0.3 is 0 Å². The lowest BCUT2D eigenvalue weighted by atomic mass is 10.0. The van der Waals surface area contributed by atoms with Gasteiger partial charge in [0.25, 0.3) is 5.91 Å². The van der Waals surface area contributed by atoms with Gasteiger partial charge in [-0.3, -0.25) is 9.48 Å². The van der Waals surface area contributed by atoms with Crippen LogP contribution in [0.3, 0.4) is 0 Å². The summed E-state index contributed by atoms with van der Waals surface area (Å²) in [4.78, 5) is 12.6. The quantitative estimate of drug-likeness (QED) is 0.918. The largest absolute Gasteiger partial charge is 0.341 e. The molecule has 1 aliphatic carbocycles. The number of nitrogens with one attached hydrogen (secondary N) is 1. The van der Waals surface area contributed by atoms with Gasteiger partial charge in [0.15, 0.2) is 0 Å².